The summed E-state index contributed by atoms with van der Waals surface area (Å²) in [4.78, 5) is 15.9. The van der Waals surface area contributed by atoms with Crippen molar-refractivity contribution >= 4 is 26.8 Å². The van der Waals surface area contributed by atoms with Crippen molar-refractivity contribution in [3.8, 4) is 0 Å². The molecule has 1 aromatic heterocycles. The Hall–Kier alpha value is -2.01. The normalized spacial score (nSPS) is 27.3. The molecule has 3 saturated heterocycles. The molecule has 1 amide bonds. The summed E-state index contributed by atoms with van der Waals surface area (Å²) >= 11 is 0. The van der Waals surface area contributed by atoms with Gasteiger partial charge in [0.2, 0.25) is 10.0 Å². The van der Waals surface area contributed by atoms with Crippen LogP contribution in [0.1, 0.15) is 62.5 Å². The van der Waals surface area contributed by atoms with E-state index >= 15 is 0 Å². The van der Waals surface area contributed by atoms with Crippen LogP contribution in [0.3, 0.4) is 0 Å². The van der Waals surface area contributed by atoms with Gasteiger partial charge in [0.05, 0.1) is 11.8 Å². The van der Waals surface area contributed by atoms with Crippen LogP contribution < -0.4 is 10.6 Å². The highest BCUT2D eigenvalue weighted by atomic mass is 32.2. The molecule has 3 aliphatic heterocycles. The number of aromatic nitrogens is 2. The Kier molecular flexibility index (Phi) is 7.40. The average Bonchev–Trinajstić information content (AvgIpc) is 3.51. The molecule has 5 rings (SSSR count). The number of rotatable bonds is 9. The number of benzene rings is 1. The Bertz CT molecular complexity index is 1180. The number of amides is 1. The van der Waals surface area contributed by atoms with E-state index in [1.807, 2.05) is 28.9 Å². The van der Waals surface area contributed by atoms with Crippen molar-refractivity contribution in [2.75, 3.05) is 39.0 Å². The van der Waals surface area contributed by atoms with Crippen LogP contribution in [0.25, 0.3) is 10.9 Å². The number of sulfonamides is 1. The zero-order chi connectivity index (χ0) is 25.4. The van der Waals surface area contributed by atoms with Crippen LogP contribution in [0.4, 0.5) is 0 Å². The fourth-order valence-corrected chi connectivity index (χ4v) is 7.36. The Labute approximate surface area is 214 Å². The smallest absolute Gasteiger partial charge is 0.272 e. The Balaban J connectivity index is 1.11. The van der Waals surface area contributed by atoms with Crippen LogP contribution in [0, 0.1) is 5.92 Å². The predicted molar refractivity (Wildman–Crippen MR) is 142 cm³/mol. The highest BCUT2D eigenvalue weighted by molar-refractivity contribution is 7.88. The summed E-state index contributed by atoms with van der Waals surface area (Å²) in [6.45, 7) is 8.22. The minimum Gasteiger partial charge on any atom is -0.348 e. The van der Waals surface area contributed by atoms with Gasteiger partial charge in [-0.2, -0.15) is 5.10 Å². The molecule has 0 spiro atoms. The number of hydrogen-bond donors (Lipinski definition) is 2. The van der Waals surface area contributed by atoms with Crippen molar-refractivity contribution in [3.63, 3.8) is 0 Å². The lowest BCUT2D eigenvalue weighted by Crippen LogP contribution is -2.52. The minimum atomic E-state index is -3.07. The average molecular weight is 517 g/mol. The van der Waals surface area contributed by atoms with E-state index in [0.717, 1.165) is 49.8 Å². The van der Waals surface area contributed by atoms with E-state index in [9.17, 15) is 13.2 Å². The minimum absolute atomic E-state index is 0.0650. The second kappa shape index (κ2) is 10.4. The van der Waals surface area contributed by atoms with Gasteiger partial charge in [0, 0.05) is 55.7 Å². The lowest BCUT2D eigenvalue weighted by molar-refractivity contribution is 0.0843. The molecule has 198 valence electrons. The third-order valence-electron chi connectivity index (χ3n) is 8.23. The maximum Gasteiger partial charge on any atom is 0.272 e. The first-order chi connectivity index (χ1) is 17.2. The standard InChI is InChI=1S/C26H40N6O3S/c1-18(2)32-24-7-5-4-6-23(24)25(29-32)26(33)28-20-14-21-8-9-22(15-20)31(21)13-11-27-16-19-10-12-30(17-19)36(3,34)35/h4-7,18-22,27H,8-17H2,1-3H3,(H,28,33)/t19-,20?,21?,22?/m1/s1. The summed E-state index contributed by atoms with van der Waals surface area (Å²) < 4.78 is 27.0. The summed E-state index contributed by atoms with van der Waals surface area (Å²) in [7, 11) is -3.07. The van der Waals surface area contributed by atoms with Crippen LogP contribution in [0.5, 0.6) is 0 Å². The summed E-state index contributed by atoms with van der Waals surface area (Å²) in [5, 5.41) is 12.5. The van der Waals surface area contributed by atoms with Crippen LogP contribution in [-0.4, -0.2) is 90.4 Å². The van der Waals surface area contributed by atoms with Gasteiger partial charge in [0.1, 0.15) is 0 Å². The Morgan fingerprint density at radius 3 is 2.53 bits per heavy atom. The SMILES string of the molecule is CC(C)n1nc(C(=O)NC2CC3CCC(C2)N3CCNC[C@H]2CCN(S(C)(=O)=O)C2)c2ccccc21. The zero-order valence-corrected chi connectivity index (χ0v) is 22.5. The van der Waals surface area contributed by atoms with Crippen LogP contribution in [-0.2, 0) is 10.0 Å². The fourth-order valence-electron chi connectivity index (χ4n) is 6.44. The van der Waals surface area contributed by atoms with E-state index in [2.05, 4.69) is 34.5 Å². The first-order valence-corrected chi connectivity index (χ1v) is 15.2. The fraction of sp³-hybridized carbons (Fsp3) is 0.692. The van der Waals surface area contributed by atoms with Crippen molar-refractivity contribution in [1.29, 1.82) is 0 Å². The maximum atomic E-state index is 13.2. The van der Waals surface area contributed by atoms with Crippen molar-refractivity contribution in [3.05, 3.63) is 30.0 Å². The third-order valence-corrected chi connectivity index (χ3v) is 9.50. The van der Waals surface area contributed by atoms with Gasteiger partial charge in [-0.1, -0.05) is 18.2 Å². The van der Waals surface area contributed by atoms with Gasteiger partial charge >= 0.3 is 0 Å². The highest BCUT2D eigenvalue weighted by Crippen LogP contribution is 2.35. The van der Waals surface area contributed by atoms with Gasteiger partial charge in [0.25, 0.3) is 5.91 Å². The van der Waals surface area contributed by atoms with Gasteiger partial charge in [-0.05, 0) is 64.5 Å². The zero-order valence-electron chi connectivity index (χ0n) is 21.7. The van der Waals surface area contributed by atoms with E-state index < -0.39 is 10.0 Å². The Morgan fingerprint density at radius 2 is 1.86 bits per heavy atom. The van der Waals surface area contributed by atoms with Crippen molar-refractivity contribution < 1.29 is 13.2 Å². The van der Waals surface area contributed by atoms with E-state index in [4.69, 9.17) is 0 Å². The molecule has 36 heavy (non-hydrogen) atoms. The van der Waals surface area contributed by atoms with Gasteiger partial charge in [-0.15, -0.1) is 0 Å². The van der Waals surface area contributed by atoms with E-state index in [1.165, 1.54) is 19.1 Å². The first kappa shape index (κ1) is 25.6. The van der Waals surface area contributed by atoms with Crippen molar-refractivity contribution in [2.24, 2.45) is 5.92 Å². The highest BCUT2D eigenvalue weighted by Gasteiger charge is 2.41. The molecule has 2 bridgehead atoms. The molecule has 2 aromatic rings. The summed E-state index contributed by atoms with van der Waals surface area (Å²) in [6.07, 6.45) is 6.57. The molecule has 3 aliphatic rings. The maximum absolute atomic E-state index is 13.2. The predicted octanol–water partition coefficient (Wildman–Crippen LogP) is 2.21. The van der Waals surface area contributed by atoms with Gasteiger partial charge in [-0.3, -0.25) is 14.4 Å². The lowest BCUT2D eigenvalue weighted by Gasteiger charge is -2.39. The molecule has 3 atom stereocenters. The molecular formula is C26H40N6O3S. The number of fused-ring (bicyclic) bond motifs is 3. The summed E-state index contributed by atoms with van der Waals surface area (Å²) in [6, 6.07) is 9.36. The van der Waals surface area contributed by atoms with Crippen molar-refractivity contribution in [1.82, 2.24) is 29.6 Å². The molecule has 3 fully saturated rings. The van der Waals surface area contributed by atoms with Gasteiger partial charge in [0.15, 0.2) is 5.69 Å². The summed E-state index contributed by atoms with van der Waals surface area (Å²) in [5.41, 5.74) is 1.53. The number of piperidine rings is 1. The monoisotopic (exact) mass is 516 g/mol. The molecule has 4 heterocycles. The largest absolute Gasteiger partial charge is 0.348 e. The molecule has 2 N–H and O–H groups in total. The molecule has 0 radical (unpaired) electrons. The van der Waals surface area contributed by atoms with Crippen LogP contribution in [0.2, 0.25) is 0 Å². The molecule has 2 unspecified atom stereocenters. The molecule has 0 aliphatic carbocycles. The first-order valence-electron chi connectivity index (χ1n) is 13.4. The number of para-hydroxylation sites is 1. The molecule has 0 saturated carbocycles. The third kappa shape index (κ3) is 5.32. The second-order valence-corrected chi connectivity index (χ2v) is 13.1. The van der Waals surface area contributed by atoms with Gasteiger partial charge in [-0.25, -0.2) is 12.7 Å². The number of nitrogens with one attached hydrogen (secondary N) is 2. The lowest BCUT2D eigenvalue weighted by atomic mass is 9.97. The molecule has 9 nitrogen and oxygen atoms in total. The molecular weight excluding hydrogens is 476 g/mol. The number of carbonyl (C=O) groups excluding carboxylic acids is 1. The van der Waals surface area contributed by atoms with Crippen molar-refractivity contribution in [2.45, 2.75) is 70.1 Å². The second-order valence-electron chi connectivity index (χ2n) is 11.1. The quantitative estimate of drug-likeness (QED) is 0.496. The number of nitrogens with zero attached hydrogens (tertiary/aromatic N) is 4. The number of hydrogen-bond acceptors (Lipinski definition) is 6. The summed E-state index contributed by atoms with van der Waals surface area (Å²) in [5.74, 6) is 0.331. The van der Waals surface area contributed by atoms with Crippen LogP contribution >= 0.6 is 0 Å². The number of carbonyl (C=O) groups is 1. The van der Waals surface area contributed by atoms with E-state index in [0.29, 0.717) is 36.8 Å². The molecule has 10 heteroatoms. The van der Waals surface area contributed by atoms with Crippen LogP contribution in [0.15, 0.2) is 24.3 Å². The van der Waals surface area contributed by atoms with E-state index in [-0.39, 0.29) is 18.0 Å². The molecule has 1 aromatic carbocycles. The Morgan fingerprint density at radius 1 is 1.14 bits per heavy atom. The van der Waals surface area contributed by atoms with E-state index in [1.54, 1.807) is 4.31 Å². The van der Waals surface area contributed by atoms with Gasteiger partial charge < -0.3 is 10.6 Å². The topological polar surface area (TPSA) is 99.6 Å².